The van der Waals surface area contributed by atoms with Crippen molar-refractivity contribution in [3.05, 3.63) is 130 Å². The Morgan fingerprint density at radius 1 is 0.316 bits per heavy atom. The third kappa shape index (κ3) is 3.14. The van der Waals surface area contributed by atoms with Gasteiger partial charge in [-0.15, -0.1) is 0 Å². The van der Waals surface area contributed by atoms with Gasteiger partial charge in [-0.25, -0.2) is 0 Å². The predicted octanol–water partition coefficient (Wildman–Crippen LogP) is 11.8. The molecule has 0 aromatic heterocycles. The molecule has 0 unspecified atom stereocenters. The highest BCUT2D eigenvalue weighted by molar-refractivity contribution is 9.11. The summed E-state index contributed by atoms with van der Waals surface area (Å²) < 4.78 is 2.29. The molecule has 0 aliphatic carbocycles. The maximum atomic E-state index is 4.07. The number of halogens is 2. The minimum absolute atomic E-state index is 1.15. The first-order chi connectivity index (χ1) is 18.7. The van der Waals surface area contributed by atoms with Crippen molar-refractivity contribution in [2.75, 3.05) is 0 Å². The van der Waals surface area contributed by atoms with E-state index in [1.54, 1.807) is 0 Å². The van der Waals surface area contributed by atoms with Crippen LogP contribution >= 0.6 is 31.9 Å². The Morgan fingerprint density at radius 2 is 0.816 bits per heavy atom. The molecule has 0 radical (unpaired) electrons. The van der Waals surface area contributed by atoms with Gasteiger partial charge >= 0.3 is 0 Å². The van der Waals surface area contributed by atoms with Gasteiger partial charge in [-0.05, 0) is 127 Å². The molecule has 0 aliphatic heterocycles. The molecule has 0 bridgehead atoms. The number of rotatable bonds is 1. The molecule has 0 aliphatic rings. The van der Waals surface area contributed by atoms with Crippen LogP contribution in [-0.2, 0) is 0 Å². The van der Waals surface area contributed by atoms with Crippen LogP contribution in [0.3, 0.4) is 0 Å². The Kier molecular flexibility index (Phi) is 4.92. The Morgan fingerprint density at radius 3 is 1.50 bits per heavy atom. The fraction of sp³-hybridized carbons (Fsp3) is 0. The number of hydrogen-bond donors (Lipinski definition) is 0. The van der Waals surface area contributed by atoms with Gasteiger partial charge in [-0.2, -0.15) is 0 Å². The summed E-state index contributed by atoms with van der Waals surface area (Å²) in [5.41, 5.74) is 2.49. The molecular formula is C36H20Br2. The topological polar surface area (TPSA) is 0 Å². The lowest BCUT2D eigenvalue weighted by atomic mass is 9.87. The van der Waals surface area contributed by atoms with E-state index in [0.29, 0.717) is 0 Å². The lowest BCUT2D eigenvalue weighted by Crippen LogP contribution is -1.91. The maximum Gasteiger partial charge on any atom is 0.0338 e. The molecule has 0 saturated carbocycles. The molecule has 178 valence electrons. The van der Waals surface area contributed by atoms with Crippen LogP contribution in [0.1, 0.15) is 0 Å². The Labute approximate surface area is 236 Å². The summed E-state index contributed by atoms with van der Waals surface area (Å²) in [6, 6.07) is 44.3. The van der Waals surface area contributed by atoms with Crippen LogP contribution in [0.4, 0.5) is 0 Å². The van der Waals surface area contributed by atoms with Gasteiger partial charge in [0.05, 0.1) is 0 Å². The third-order valence-electron chi connectivity index (χ3n) is 7.92. The van der Waals surface area contributed by atoms with Crippen LogP contribution < -0.4 is 0 Å². The summed E-state index contributed by atoms with van der Waals surface area (Å²) in [6.07, 6.45) is 0. The van der Waals surface area contributed by atoms with Gasteiger partial charge < -0.3 is 0 Å². The van der Waals surface area contributed by atoms with Crippen molar-refractivity contribution in [3.8, 4) is 11.1 Å². The van der Waals surface area contributed by atoms with E-state index in [0.717, 1.165) is 8.95 Å². The molecule has 0 amide bonds. The second-order valence-corrected chi connectivity index (χ2v) is 11.5. The van der Waals surface area contributed by atoms with E-state index in [-0.39, 0.29) is 0 Å². The van der Waals surface area contributed by atoms with Crippen LogP contribution in [0.25, 0.3) is 75.8 Å². The van der Waals surface area contributed by atoms with E-state index in [2.05, 4.69) is 153 Å². The van der Waals surface area contributed by atoms with Crippen LogP contribution in [0.15, 0.2) is 130 Å². The molecule has 0 atom stereocenters. The number of hydrogen-bond acceptors (Lipinski definition) is 0. The molecular weight excluding hydrogens is 592 g/mol. The molecule has 8 rings (SSSR count). The first kappa shape index (κ1) is 22.3. The minimum atomic E-state index is 1.15. The fourth-order valence-electron chi connectivity index (χ4n) is 6.17. The lowest BCUT2D eigenvalue weighted by molar-refractivity contribution is 1.71. The normalized spacial score (nSPS) is 11.9. The van der Waals surface area contributed by atoms with Gasteiger partial charge in [0.1, 0.15) is 0 Å². The maximum absolute atomic E-state index is 4.07. The van der Waals surface area contributed by atoms with Gasteiger partial charge in [-0.3, -0.25) is 0 Å². The summed E-state index contributed by atoms with van der Waals surface area (Å²) in [6.45, 7) is 0. The molecule has 0 saturated heterocycles. The summed E-state index contributed by atoms with van der Waals surface area (Å²) in [7, 11) is 0. The van der Waals surface area contributed by atoms with Gasteiger partial charge in [-0.1, -0.05) is 97.1 Å². The van der Waals surface area contributed by atoms with Crippen molar-refractivity contribution in [3.63, 3.8) is 0 Å². The van der Waals surface area contributed by atoms with E-state index in [9.17, 15) is 0 Å². The standard InChI is InChI=1S/C36H20Br2/c37-35-25-13-5-2-10-22(25)17-29-27-15-7-8-16-28(27)30(20-33(29)35)32-18-21-9-1-4-12-24(21)31-19-23-11-3-6-14-26(23)36(38)34(31)32/h1-20H. The summed E-state index contributed by atoms with van der Waals surface area (Å²) in [5, 5.41) is 15.0. The molecule has 8 aromatic carbocycles. The molecule has 0 nitrogen and oxygen atoms in total. The van der Waals surface area contributed by atoms with Crippen LogP contribution in [0.5, 0.6) is 0 Å². The largest absolute Gasteiger partial charge is 0.0616 e. The second-order valence-electron chi connectivity index (χ2n) is 9.96. The van der Waals surface area contributed by atoms with Gasteiger partial charge in [0.2, 0.25) is 0 Å². The quantitative estimate of drug-likeness (QED) is 0.128. The SMILES string of the molecule is Brc1c2ccccc2cc2c1cc(-c1cc3ccccc3c3cc4ccccc4c(Br)c13)c1ccccc12. The van der Waals surface area contributed by atoms with E-state index in [1.165, 1.54) is 75.8 Å². The van der Waals surface area contributed by atoms with Crippen molar-refractivity contribution in [1.29, 1.82) is 0 Å². The summed E-state index contributed by atoms with van der Waals surface area (Å²) in [5.74, 6) is 0. The van der Waals surface area contributed by atoms with Crippen molar-refractivity contribution in [1.82, 2.24) is 0 Å². The lowest BCUT2D eigenvalue weighted by Gasteiger charge is -2.18. The highest BCUT2D eigenvalue weighted by atomic mass is 79.9. The molecule has 8 aromatic rings. The van der Waals surface area contributed by atoms with Gasteiger partial charge in [0.15, 0.2) is 0 Å². The Bertz CT molecular complexity index is 2260. The predicted molar refractivity (Wildman–Crippen MR) is 172 cm³/mol. The van der Waals surface area contributed by atoms with Crippen molar-refractivity contribution < 1.29 is 0 Å². The monoisotopic (exact) mass is 610 g/mol. The van der Waals surface area contributed by atoms with Crippen LogP contribution in [-0.4, -0.2) is 0 Å². The first-order valence-electron chi connectivity index (χ1n) is 12.7. The van der Waals surface area contributed by atoms with Gasteiger partial charge in [0, 0.05) is 14.3 Å². The third-order valence-corrected chi connectivity index (χ3v) is 9.59. The second kappa shape index (κ2) is 8.39. The van der Waals surface area contributed by atoms with E-state index >= 15 is 0 Å². The Balaban J connectivity index is 1.62. The van der Waals surface area contributed by atoms with Gasteiger partial charge in [0.25, 0.3) is 0 Å². The molecule has 0 fully saturated rings. The van der Waals surface area contributed by atoms with E-state index < -0.39 is 0 Å². The average molecular weight is 612 g/mol. The zero-order valence-corrected chi connectivity index (χ0v) is 23.5. The summed E-state index contributed by atoms with van der Waals surface area (Å²) >= 11 is 8.07. The van der Waals surface area contributed by atoms with Crippen molar-refractivity contribution >= 4 is 96.5 Å². The number of fused-ring (bicyclic) bond motifs is 8. The highest BCUT2D eigenvalue weighted by Gasteiger charge is 2.18. The first-order valence-corrected chi connectivity index (χ1v) is 14.3. The van der Waals surface area contributed by atoms with Crippen molar-refractivity contribution in [2.24, 2.45) is 0 Å². The molecule has 38 heavy (non-hydrogen) atoms. The molecule has 0 heterocycles. The molecule has 2 heteroatoms. The summed E-state index contributed by atoms with van der Waals surface area (Å²) in [4.78, 5) is 0. The van der Waals surface area contributed by atoms with E-state index in [1.807, 2.05) is 0 Å². The molecule has 0 spiro atoms. The zero-order valence-electron chi connectivity index (χ0n) is 20.3. The van der Waals surface area contributed by atoms with Crippen LogP contribution in [0, 0.1) is 0 Å². The van der Waals surface area contributed by atoms with Crippen molar-refractivity contribution in [2.45, 2.75) is 0 Å². The zero-order chi connectivity index (χ0) is 25.4. The minimum Gasteiger partial charge on any atom is -0.0616 e. The number of benzene rings is 8. The molecule has 0 N–H and O–H groups in total. The van der Waals surface area contributed by atoms with Crippen LogP contribution in [0.2, 0.25) is 0 Å². The highest BCUT2D eigenvalue weighted by Crippen LogP contribution is 2.46. The Hall–Kier alpha value is -3.72. The smallest absolute Gasteiger partial charge is 0.0338 e. The average Bonchev–Trinajstić information content (AvgIpc) is 2.97. The fourth-order valence-corrected chi connectivity index (χ4v) is 7.65. The van der Waals surface area contributed by atoms with E-state index in [4.69, 9.17) is 0 Å².